The minimum atomic E-state index is -0.125. The average Bonchev–Trinajstić information content (AvgIpc) is 2.60. The van der Waals surface area contributed by atoms with Gasteiger partial charge in [0.2, 0.25) is 0 Å². The van der Waals surface area contributed by atoms with Gasteiger partial charge in [-0.1, -0.05) is 18.2 Å². The predicted molar refractivity (Wildman–Crippen MR) is 87.2 cm³/mol. The van der Waals surface area contributed by atoms with Gasteiger partial charge in [-0.3, -0.25) is 4.98 Å². The van der Waals surface area contributed by atoms with Crippen molar-refractivity contribution in [3.05, 3.63) is 42.1 Å². The molecule has 0 unspecified atom stereocenters. The molecule has 0 radical (unpaired) electrons. The Bertz CT molecular complexity index is 666. The molecular weight excluding hydrogens is 294 g/mol. The third-order valence-corrected chi connectivity index (χ3v) is 3.88. The second-order valence-corrected chi connectivity index (χ2v) is 5.59. The van der Waals surface area contributed by atoms with Gasteiger partial charge in [0.05, 0.1) is 38.0 Å². The average molecular weight is 315 g/mol. The van der Waals surface area contributed by atoms with E-state index >= 15 is 0 Å². The second kappa shape index (κ2) is 7.39. The van der Waals surface area contributed by atoms with Crippen molar-refractivity contribution in [2.45, 2.75) is 12.6 Å². The fraction of sp³-hybridized carbons (Fsp3) is 0.412. The van der Waals surface area contributed by atoms with Crippen LogP contribution in [0.5, 0.6) is 0 Å². The van der Waals surface area contributed by atoms with Crippen molar-refractivity contribution in [3.63, 3.8) is 0 Å². The molecule has 1 aliphatic heterocycles. The number of carbonyl (C=O) groups excluding carboxylic acids is 1. The van der Waals surface area contributed by atoms with Crippen LogP contribution in [0.3, 0.4) is 0 Å². The Balaban J connectivity index is 1.57. The molecule has 2 heterocycles. The molecule has 1 aromatic carbocycles. The maximum absolute atomic E-state index is 12.2. The summed E-state index contributed by atoms with van der Waals surface area (Å²) < 4.78 is 10.9. The van der Waals surface area contributed by atoms with Crippen LogP contribution < -0.4 is 5.32 Å². The highest BCUT2D eigenvalue weighted by molar-refractivity contribution is 5.82. The maximum Gasteiger partial charge on any atom is 0.317 e. The van der Waals surface area contributed by atoms with Crippen molar-refractivity contribution in [1.82, 2.24) is 15.2 Å². The Hall–Kier alpha value is -2.18. The van der Waals surface area contributed by atoms with Gasteiger partial charge in [-0.25, -0.2) is 4.79 Å². The normalized spacial score (nSPS) is 17.9. The number of para-hydroxylation sites is 1. The van der Waals surface area contributed by atoms with Gasteiger partial charge in [0.1, 0.15) is 0 Å². The maximum atomic E-state index is 12.2. The number of aromatic nitrogens is 1. The van der Waals surface area contributed by atoms with Crippen LogP contribution in [-0.4, -0.2) is 55.4 Å². The minimum Gasteiger partial charge on any atom is -0.376 e. The Kier molecular flexibility index (Phi) is 5.05. The number of carbonyl (C=O) groups is 1. The standard InChI is InChI=1S/C17H21N3O3/c1-20(11-14-12-22-8-9-23-14)17(21)19-10-13-6-7-18-16-5-3-2-4-15(13)16/h2-7,14H,8-12H2,1H3,(H,19,21)/t14-/m0/s1. The van der Waals surface area contributed by atoms with E-state index in [2.05, 4.69) is 10.3 Å². The largest absolute Gasteiger partial charge is 0.376 e. The van der Waals surface area contributed by atoms with E-state index in [1.807, 2.05) is 30.3 Å². The number of urea groups is 1. The zero-order valence-corrected chi connectivity index (χ0v) is 13.2. The first-order chi connectivity index (χ1) is 11.2. The summed E-state index contributed by atoms with van der Waals surface area (Å²) in [4.78, 5) is 18.2. The first-order valence-electron chi connectivity index (χ1n) is 7.75. The van der Waals surface area contributed by atoms with Crippen LogP contribution in [0.25, 0.3) is 10.9 Å². The quantitative estimate of drug-likeness (QED) is 0.934. The lowest BCUT2D eigenvalue weighted by Crippen LogP contribution is -2.44. The number of hydrogen-bond donors (Lipinski definition) is 1. The van der Waals surface area contributed by atoms with E-state index in [-0.39, 0.29) is 12.1 Å². The molecule has 1 saturated heterocycles. The Labute approximate surface area is 135 Å². The fourth-order valence-electron chi connectivity index (χ4n) is 2.65. The Morgan fingerprint density at radius 1 is 1.35 bits per heavy atom. The fourth-order valence-corrected chi connectivity index (χ4v) is 2.65. The van der Waals surface area contributed by atoms with Crippen LogP contribution in [0.2, 0.25) is 0 Å². The summed E-state index contributed by atoms with van der Waals surface area (Å²) in [7, 11) is 1.76. The van der Waals surface area contributed by atoms with Crippen molar-refractivity contribution in [2.24, 2.45) is 0 Å². The van der Waals surface area contributed by atoms with E-state index in [1.54, 1.807) is 18.1 Å². The molecule has 1 aliphatic rings. The SMILES string of the molecule is CN(C[C@H]1COCCO1)C(=O)NCc1ccnc2ccccc12. The molecule has 6 heteroatoms. The molecule has 0 spiro atoms. The van der Waals surface area contributed by atoms with Gasteiger partial charge < -0.3 is 19.7 Å². The monoisotopic (exact) mass is 315 g/mol. The Morgan fingerprint density at radius 2 is 2.22 bits per heavy atom. The summed E-state index contributed by atoms with van der Waals surface area (Å²) >= 11 is 0. The highest BCUT2D eigenvalue weighted by Crippen LogP contribution is 2.15. The van der Waals surface area contributed by atoms with Gasteiger partial charge in [-0.05, 0) is 17.7 Å². The van der Waals surface area contributed by atoms with Crippen LogP contribution >= 0.6 is 0 Å². The van der Waals surface area contributed by atoms with E-state index < -0.39 is 0 Å². The summed E-state index contributed by atoms with van der Waals surface area (Å²) in [5, 5.41) is 4.00. The molecule has 122 valence electrons. The van der Waals surface area contributed by atoms with Crippen LogP contribution in [0.15, 0.2) is 36.5 Å². The molecule has 1 aromatic heterocycles. The lowest BCUT2D eigenvalue weighted by molar-refractivity contribution is -0.0928. The number of likely N-dealkylation sites (N-methyl/N-ethyl adjacent to an activating group) is 1. The minimum absolute atomic E-state index is 0.0544. The molecule has 23 heavy (non-hydrogen) atoms. The molecule has 1 fully saturated rings. The number of rotatable bonds is 4. The van der Waals surface area contributed by atoms with Gasteiger partial charge in [0, 0.05) is 25.2 Å². The third kappa shape index (κ3) is 3.97. The predicted octanol–water partition coefficient (Wildman–Crippen LogP) is 1.79. The molecular formula is C17H21N3O3. The molecule has 2 amide bonds. The topological polar surface area (TPSA) is 63.7 Å². The van der Waals surface area contributed by atoms with Crippen molar-refractivity contribution in [2.75, 3.05) is 33.4 Å². The summed E-state index contributed by atoms with van der Waals surface area (Å²) in [6, 6.07) is 9.72. The highest BCUT2D eigenvalue weighted by atomic mass is 16.6. The van der Waals surface area contributed by atoms with Crippen LogP contribution in [0, 0.1) is 0 Å². The summed E-state index contributed by atoms with van der Waals surface area (Å²) in [5.74, 6) is 0. The number of pyridine rings is 1. The molecule has 0 aliphatic carbocycles. The number of hydrogen-bond acceptors (Lipinski definition) is 4. The number of benzene rings is 1. The van der Waals surface area contributed by atoms with Crippen molar-refractivity contribution >= 4 is 16.9 Å². The van der Waals surface area contributed by atoms with Crippen molar-refractivity contribution in [3.8, 4) is 0 Å². The number of amides is 2. The summed E-state index contributed by atoms with van der Waals surface area (Å²) in [5.41, 5.74) is 1.98. The number of ether oxygens (including phenoxy) is 2. The zero-order chi connectivity index (χ0) is 16.1. The van der Waals surface area contributed by atoms with Gasteiger partial charge in [0.15, 0.2) is 0 Å². The molecule has 1 N–H and O–H groups in total. The molecule has 3 rings (SSSR count). The van der Waals surface area contributed by atoms with Crippen molar-refractivity contribution in [1.29, 1.82) is 0 Å². The summed E-state index contributed by atoms with van der Waals surface area (Å²) in [6.07, 6.45) is 1.71. The lowest BCUT2D eigenvalue weighted by atomic mass is 10.1. The number of nitrogens with zero attached hydrogens (tertiary/aromatic N) is 2. The van der Waals surface area contributed by atoms with Gasteiger partial charge in [-0.15, -0.1) is 0 Å². The lowest BCUT2D eigenvalue weighted by Gasteiger charge is -2.27. The van der Waals surface area contributed by atoms with E-state index in [0.29, 0.717) is 32.9 Å². The molecule has 0 saturated carbocycles. The van der Waals surface area contributed by atoms with Gasteiger partial charge in [-0.2, -0.15) is 0 Å². The molecule has 0 bridgehead atoms. The highest BCUT2D eigenvalue weighted by Gasteiger charge is 2.19. The number of fused-ring (bicyclic) bond motifs is 1. The summed E-state index contributed by atoms with van der Waals surface area (Å²) in [6.45, 7) is 2.73. The zero-order valence-electron chi connectivity index (χ0n) is 13.2. The first-order valence-corrected chi connectivity index (χ1v) is 7.75. The van der Waals surface area contributed by atoms with E-state index in [9.17, 15) is 4.79 Å². The van der Waals surface area contributed by atoms with E-state index in [1.165, 1.54) is 0 Å². The molecule has 1 atom stereocenters. The molecule has 6 nitrogen and oxygen atoms in total. The third-order valence-electron chi connectivity index (χ3n) is 3.88. The smallest absolute Gasteiger partial charge is 0.317 e. The van der Waals surface area contributed by atoms with Crippen molar-refractivity contribution < 1.29 is 14.3 Å². The van der Waals surface area contributed by atoms with Crippen LogP contribution in [0.1, 0.15) is 5.56 Å². The van der Waals surface area contributed by atoms with Gasteiger partial charge >= 0.3 is 6.03 Å². The Morgan fingerprint density at radius 3 is 3.04 bits per heavy atom. The van der Waals surface area contributed by atoms with E-state index in [0.717, 1.165) is 16.5 Å². The first kappa shape index (κ1) is 15.7. The number of nitrogens with one attached hydrogen (secondary N) is 1. The van der Waals surface area contributed by atoms with Crippen LogP contribution in [-0.2, 0) is 16.0 Å². The molecule has 2 aromatic rings. The second-order valence-electron chi connectivity index (χ2n) is 5.59. The van der Waals surface area contributed by atoms with Gasteiger partial charge in [0.25, 0.3) is 0 Å². The van der Waals surface area contributed by atoms with Crippen LogP contribution in [0.4, 0.5) is 4.79 Å². The van der Waals surface area contributed by atoms with E-state index in [4.69, 9.17) is 9.47 Å².